The summed E-state index contributed by atoms with van der Waals surface area (Å²) in [5, 5.41) is 8.00. The van der Waals surface area contributed by atoms with Gasteiger partial charge >= 0.3 is 0 Å². The summed E-state index contributed by atoms with van der Waals surface area (Å²) >= 11 is 1.61. The number of hydrogen-bond acceptors (Lipinski definition) is 5. The Hall–Kier alpha value is -1.69. The van der Waals surface area contributed by atoms with Crippen LogP contribution in [-0.2, 0) is 11.2 Å². The maximum atomic E-state index is 12.7. The van der Waals surface area contributed by atoms with Crippen LogP contribution in [-0.4, -0.2) is 33.5 Å². The SMILES string of the molecule is O=C(CCc1nc(-c2ccsc2)no1)N1CCCC2CCCCC21. The van der Waals surface area contributed by atoms with Crippen LogP contribution in [0.25, 0.3) is 11.4 Å². The predicted octanol–water partition coefficient (Wildman–Crippen LogP) is 3.91. The van der Waals surface area contributed by atoms with Gasteiger partial charge in [-0.25, -0.2) is 0 Å². The van der Waals surface area contributed by atoms with E-state index in [-0.39, 0.29) is 5.91 Å². The fourth-order valence-corrected chi connectivity index (χ4v) is 4.79. The highest BCUT2D eigenvalue weighted by molar-refractivity contribution is 7.08. The quantitative estimate of drug-likeness (QED) is 0.843. The predicted molar refractivity (Wildman–Crippen MR) is 92.6 cm³/mol. The molecule has 0 bridgehead atoms. The minimum Gasteiger partial charge on any atom is -0.339 e. The summed E-state index contributed by atoms with van der Waals surface area (Å²) < 4.78 is 5.31. The van der Waals surface area contributed by atoms with Crippen molar-refractivity contribution in [3.8, 4) is 11.4 Å². The van der Waals surface area contributed by atoms with Crippen molar-refractivity contribution >= 4 is 17.2 Å². The lowest BCUT2D eigenvalue weighted by atomic mass is 9.78. The van der Waals surface area contributed by atoms with E-state index in [1.54, 1.807) is 11.3 Å². The third-order valence-corrected chi connectivity index (χ3v) is 6.05. The molecule has 0 spiro atoms. The molecule has 24 heavy (non-hydrogen) atoms. The van der Waals surface area contributed by atoms with E-state index in [1.165, 1.54) is 32.1 Å². The van der Waals surface area contributed by atoms with Gasteiger partial charge in [0.25, 0.3) is 0 Å². The molecular formula is C18H23N3O2S. The summed E-state index contributed by atoms with van der Waals surface area (Å²) in [6.07, 6.45) is 8.51. The molecule has 1 saturated carbocycles. The van der Waals surface area contributed by atoms with Crippen molar-refractivity contribution in [3.05, 3.63) is 22.7 Å². The van der Waals surface area contributed by atoms with E-state index in [1.807, 2.05) is 16.8 Å². The second-order valence-corrected chi connectivity index (χ2v) is 7.65. The molecule has 2 fully saturated rings. The number of rotatable bonds is 4. The van der Waals surface area contributed by atoms with Gasteiger partial charge in [0.2, 0.25) is 17.6 Å². The Bertz CT molecular complexity index is 680. The van der Waals surface area contributed by atoms with Gasteiger partial charge in [-0.15, -0.1) is 0 Å². The number of carbonyl (C=O) groups excluding carboxylic acids is 1. The monoisotopic (exact) mass is 345 g/mol. The molecule has 6 heteroatoms. The van der Waals surface area contributed by atoms with Crippen molar-refractivity contribution in [3.63, 3.8) is 0 Å². The van der Waals surface area contributed by atoms with Crippen LogP contribution >= 0.6 is 11.3 Å². The second kappa shape index (κ2) is 7.05. The Kier molecular flexibility index (Phi) is 4.65. The molecule has 0 N–H and O–H groups in total. The van der Waals surface area contributed by atoms with Crippen LogP contribution in [0.3, 0.4) is 0 Å². The zero-order valence-electron chi connectivity index (χ0n) is 13.8. The van der Waals surface area contributed by atoms with Gasteiger partial charge in [0, 0.05) is 36.4 Å². The van der Waals surface area contributed by atoms with Crippen LogP contribution in [0.5, 0.6) is 0 Å². The van der Waals surface area contributed by atoms with Gasteiger partial charge in [-0.1, -0.05) is 18.0 Å². The zero-order chi connectivity index (χ0) is 16.4. The molecule has 3 heterocycles. The number of likely N-dealkylation sites (tertiary alicyclic amines) is 1. The molecule has 2 aromatic rings. The van der Waals surface area contributed by atoms with Gasteiger partial charge in [0.1, 0.15) is 0 Å². The first kappa shape index (κ1) is 15.8. The molecule has 1 amide bonds. The minimum atomic E-state index is 0.252. The van der Waals surface area contributed by atoms with Crippen molar-refractivity contribution in [1.82, 2.24) is 15.0 Å². The van der Waals surface area contributed by atoms with Crippen molar-refractivity contribution < 1.29 is 9.32 Å². The van der Waals surface area contributed by atoms with Crippen LogP contribution in [0.1, 0.15) is 50.8 Å². The Labute approximate surface area is 146 Å². The molecule has 2 aromatic heterocycles. The second-order valence-electron chi connectivity index (χ2n) is 6.86. The molecule has 4 rings (SSSR count). The molecule has 1 aliphatic carbocycles. The highest BCUT2D eigenvalue weighted by atomic mass is 32.1. The van der Waals surface area contributed by atoms with Gasteiger partial charge in [0.15, 0.2) is 0 Å². The van der Waals surface area contributed by atoms with Crippen LogP contribution in [0.15, 0.2) is 21.3 Å². The van der Waals surface area contributed by atoms with Crippen LogP contribution in [0.4, 0.5) is 0 Å². The Morgan fingerprint density at radius 1 is 1.29 bits per heavy atom. The fourth-order valence-electron chi connectivity index (χ4n) is 4.16. The number of fused-ring (bicyclic) bond motifs is 1. The van der Waals surface area contributed by atoms with Crippen molar-refractivity contribution in [2.45, 2.75) is 57.4 Å². The standard InChI is InChI=1S/C18H23N3O2S/c22-17(21-10-3-5-13-4-1-2-6-15(13)21)8-7-16-19-18(20-23-16)14-9-11-24-12-14/h9,11-13,15H,1-8,10H2. The lowest BCUT2D eigenvalue weighted by Crippen LogP contribution is -2.49. The van der Waals surface area contributed by atoms with E-state index in [0.29, 0.717) is 30.6 Å². The molecule has 2 atom stereocenters. The molecule has 0 radical (unpaired) electrons. The molecule has 1 aliphatic heterocycles. The molecule has 0 aromatic carbocycles. The average molecular weight is 345 g/mol. The first-order chi connectivity index (χ1) is 11.8. The lowest BCUT2D eigenvalue weighted by Gasteiger charge is -2.44. The number of carbonyl (C=O) groups is 1. The average Bonchev–Trinajstić information content (AvgIpc) is 3.30. The first-order valence-corrected chi connectivity index (χ1v) is 9.90. The number of thiophene rings is 1. The summed E-state index contributed by atoms with van der Waals surface area (Å²) in [7, 11) is 0. The number of piperidine rings is 1. The Morgan fingerprint density at radius 2 is 2.17 bits per heavy atom. The largest absolute Gasteiger partial charge is 0.339 e. The normalized spacial score (nSPS) is 23.9. The zero-order valence-corrected chi connectivity index (χ0v) is 14.6. The number of nitrogens with zero attached hydrogens (tertiary/aromatic N) is 3. The summed E-state index contributed by atoms with van der Waals surface area (Å²) in [4.78, 5) is 19.3. The summed E-state index contributed by atoms with van der Waals surface area (Å²) in [6.45, 7) is 0.921. The smallest absolute Gasteiger partial charge is 0.227 e. The maximum absolute atomic E-state index is 12.7. The van der Waals surface area contributed by atoms with Gasteiger partial charge < -0.3 is 9.42 Å². The minimum absolute atomic E-state index is 0.252. The number of amides is 1. The van der Waals surface area contributed by atoms with Gasteiger partial charge in [-0.3, -0.25) is 4.79 Å². The highest BCUT2D eigenvalue weighted by Gasteiger charge is 2.35. The molecule has 1 saturated heterocycles. The van der Waals surface area contributed by atoms with E-state index in [0.717, 1.165) is 24.4 Å². The van der Waals surface area contributed by atoms with Gasteiger partial charge in [-0.2, -0.15) is 16.3 Å². The summed E-state index contributed by atoms with van der Waals surface area (Å²) in [5.41, 5.74) is 0.974. The van der Waals surface area contributed by atoms with E-state index in [9.17, 15) is 4.79 Å². The van der Waals surface area contributed by atoms with Crippen molar-refractivity contribution in [2.24, 2.45) is 5.92 Å². The topological polar surface area (TPSA) is 59.2 Å². The number of hydrogen-bond donors (Lipinski definition) is 0. The van der Waals surface area contributed by atoms with Crippen molar-refractivity contribution in [1.29, 1.82) is 0 Å². The molecule has 128 valence electrons. The summed E-state index contributed by atoms with van der Waals surface area (Å²) in [5.74, 6) is 2.15. The van der Waals surface area contributed by atoms with Crippen LogP contribution < -0.4 is 0 Å². The van der Waals surface area contributed by atoms with Crippen LogP contribution in [0.2, 0.25) is 0 Å². The Balaban J connectivity index is 1.36. The van der Waals surface area contributed by atoms with Crippen LogP contribution in [0, 0.1) is 5.92 Å². The molecular weight excluding hydrogens is 322 g/mol. The summed E-state index contributed by atoms with van der Waals surface area (Å²) in [6, 6.07) is 2.45. The van der Waals surface area contributed by atoms with E-state index in [4.69, 9.17) is 4.52 Å². The fraction of sp³-hybridized carbons (Fsp3) is 0.611. The molecule has 2 unspecified atom stereocenters. The maximum Gasteiger partial charge on any atom is 0.227 e. The lowest BCUT2D eigenvalue weighted by molar-refractivity contribution is -0.137. The third-order valence-electron chi connectivity index (χ3n) is 5.36. The first-order valence-electron chi connectivity index (χ1n) is 8.96. The Morgan fingerprint density at radius 3 is 3.04 bits per heavy atom. The number of aryl methyl sites for hydroxylation is 1. The third kappa shape index (κ3) is 3.24. The van der Waals surface area contributed by atoms with Gasteiger partial charge in [-0.05, 0) is 43.0 Å². The van der Waals surface area contributed by atoms with E-state index < -0.39 is 0 Å². The number of aromatic nitrogens is 2. The van der Waals surface area contributed by atoms with Crippen molar-refractivity contribution in [2.75, 3.05) is 6.54 Å². The van der Waals surface area contributed by atoms with Gasteiger partial charge in [0.05, 0.1) is 0 Å². The molecule has 2 aliphatic rings. The highest BCUT2D eigenvalue weighted by Crippen LogP contribution is 2.35. The molecule has 5 nitrogen and oxygen atoms in total. The van der Waals surface area contributed by atoms with E-state index >= 15 is 0 Å². The van der Waals surface area contributed by atoms with E-state index in [2.05, 4.69) is 15.0 Å².